The molecule has 0 atom stereocenters. The Kier molecular flexibility index (Phi) is 8.57. The second kappa shape index (κ2) is 11.2. The number of hydrazone groups is 1. The van der Waals surface area contributed by atoms with Crippen LogP contribution in [0.25, 0.3) is 0 Å². The summed E-state index contributed by atoms with van der Waals surface area (Å²) in [6, 6.07) is 9.83. The largest absolute Gasteiger partial charge is 0.272 e. The highest BCUT2D eigenvalue weighted by Gasteiger charge is 2.33. The third-order valence-corrected chi connectivity index (χ3v) is 8.07. The minimum atomic E-state index is -3.91. The van der Waals surface area contributed by atoms with Crippen LogP contribution in [-0.2, 0) is 14.8 Å². The summed E-state index contributed by atoms with van der Waals surface area (Å²) in [5, 5.41) is 15.0. The Labute approximate surface area is 205 Å². The highest BCUT2D eigenvalue weighted by atomic mass is 79.9. The Morgan fingerprint density at radius 1 is 1.21 bits per heavy atom. The van der Waals surface area contributed by atoms with Crippen LogP contribution >= 0.6 is 27.5 Å². The number of hydrogen-bond donors (Lipinski definition) is 1. The number of non-ortho nitro benzene ring substituents is 1. The first-order chi connectivity index (χ1) is 15.7. The van der Waals surface area contributed by atoms with E-state index in [0.29, 0.717) is 12.8 Å². The van der Waals surface area contributed by atoms with E-state index in [4.69, 9.17) is 11.6 Å². The van der Waals surface area contributed by atoms with Crippen LogP contribution in [0, 0.1) is 10.1 Å². The second-order valence-corrected chi connectivity index (χ2v) is 10.8. The maximum Gasteiger partial charge on any atom is 0.270 e. The molecular weight excluding hydrogens is 536 g/mol. The number of benzene rings is 2. The van der Waals surface area contributed by atoms with Crippen LogP contribution in [0.3, 0.4) is 0 Å². The van der Waals surface area contributed by atoms with Gasteiger partial charge in [-0.05, 0) is 43.2 Å². The second-order valence-electron chi connectivity index (χ2n) is 7.55. The zero-order chi connectivity index (χ0) is 24.0. The minimum Gasteiger partial charge on any atom is -0.272 e. The molecule has 1 amide bonds. The predicted molar refractivity (Wildman–Crippen MR) is 129 cm³/mol. The molecule has 1 saturated carbocycles. The first-order valence-electron chi connectivity index (χ1n) is 10.2. The molecule has 0 bridgehead atoms. The zero-order valence-corrected chi connectivity index (χ0v) is 20.6. The average molecular weight is 558 g/mol. The van der Waals surface area contributed by atoms with Crippen LogP contribution in [0.2, 0.25) is 5.02 Å². The van der Waals surface area contributed by atoms with Gasteiger partial charge in [0, 0.05) is 33.2 Å². The Morgan fingerprint density at radius 2 is 1.88 bits per heavy atom. The molecule has 3 rings (SSSR count). The van der Waals surface area contributed by atoms with E-state index in [1.807, 2.05) is 0 Å². The summed E-state index contributed by atoms with van der Waals surface area (Å²) in [6.07, 6.45) is 5.35. The number of nitro groups is 1. The number of amides is 1. The molecule has 0 radical (unpaired) electrons. The fraction of sp³-hybridized carbons (Fsp3) is 0.333. The lowest BCUT2D eigenvalue weighted by Crippen LogP contribution is -2.46. The van der Waals surface area contributed by atoms with Crippen LogP contribution in [0.5, 0.6) is 0 Å². The molecule has 2 aromatic carbocycles. The van der Waals surface area contributed by atoms with E-state index in [2.05, 4.69) is 26.5 Å². The van der Waals surface area contributed by atoms with Crippen molar-refractivity contribution in [3.8, 4) is 0 Å². The highest BCUT2D eigenvalue weighted by molar-refractivity contribution is 9.10. The first-order valence-corrected chi connectivity index (χ1v) is 12.8. The topological polar surface area (TPSA) is 122 Å². The molecule has 1 fully saturated rings. The molecule has 0 aliphatic heterocycles. The van der Waals surface area contributed by atoms with E-state index in [9.17, 15) is 23.3 Å². The minimum absolute atomic E-state index is 0.107. The van der Waals surface area contributed by atoms with E-state index in [0.717, 1.165) is 23.7 Å². The zero-order valence-electron chi connectivity index (χ0n) is 17.5. The molecule has 12 heteroatoms. The first kappa shape index (κ1) is 25.3. The van der Waals surface area contributed by atoms with Crippen molar-refractivity contribution in [3.05, 3.63) is 67.6 Å². The van der Waals surface area contributed by atoms with Gasteiger partial charge >= 0.3 is 0 Å². The van der Waals surface area contributed by atoms with Crippen molar-refractivity contribution in [3.63, 3.8) is 0 Å². The van der Waals surface area contributed by atoms with Crippen LogP contribution in [0.15, 0.2) is 56.9 Å². The maximum absolute atomic E-state index is 13.3. The van der Waals surface area contributed by atoms with Gasteiger partial charge in [-0.2, -0.15) is 9.41 Å². The summed E-state index contributed by atoms with van der Waals surface area (Å²) in [5.74, 6) is -0.626. The van der Waals surface area contributed by atoms with E-state index >= 15 is 0 Å². The molecule has 0 saturated heterocycles. The maximum atomic E-state index is 13.3. The predicted octanol–water partition coefficient (Wildman–Crippen LogP) is 4.48. The lowest BCUT2D eigenvalue weighted by Gasteiger charge is -2.32. The molecule has 0 spiro atoms. The van der Waals surface area contributed by atoms with Crippen LogP contribution in [-0.4, -0.2) is 42.4 Å². The van der Waals surface area contributed by atoms with Crippen LogP contribution < -0.4 is 5.43 Å². The van der Waals surface area contributed by atoms with E-state index < -0.39 is 27.4 Å². The molecule has 0 aromatic heterocycles. The fourth-order valence-corrected chi connectivity index (χ4v) is 5.69. The van der Waals surface area contributed by atoms with Crippen molar-refractivity contribution >= 4 is 55.4 Å². The van der Waals surface area contributed by atoms with Gasteiger partial charge < -0.3 is 0 Å². The number of hydrogen-bond acceptors (Lipinski definition) is 6. The Bertz CT molecular complexity index is 1150. The van der Waals surface area contributed by atoms with Crippen molar-refractivity contribution in [2.24, 2.45) is 5.10 Å². The Balaban J connectivity index is 1.76. The molecule has 0 heterocycles. The number of nitro benzene ring substituents is 1. The van der Waals surface area contributed by atoms with Crippen molar-refractivity contribution < 1.29 is 18.1 Å². The van der Waals surface area contributed by atoms with Crippen molar-refractivity contribution in [1.29, 1.82) is 0 Å². The number of carbonyl (C=O) groups excluding carboxylic acids is 1. The smallest absolute Gasteiger partial charge is 0.270 e. The number of sulfonamides is 1. The van der Waals surface area contributed by atoms with Crippen molar-refractivity contribution in [2.75, 3.05) is 6.54 Å². The molecular formula is C21H22BrClN4O5S. The fourth-order valence-electron chi connectivity index (χ4n) is 3.62. The summed E-state index contributed by atoms with van der Waals surface area (Å²) in [6.45, 7) is -0.400. The van der Waals surface area contributed by atoms with Gasteiger partial charge in [-0.25, -0.2) is 13.8 Å². The normalized spacial score (nSPS) is 15.1. The quantitative estimate of drug-likeness (QED) is 0.291. The molecule has 1 N–H and O–H groups in total. The molecule has 176 valence electrons. The molecule has 2 aromatic rings. The lowest BCUT2D eigenvalue weighted by molar-refractivity contribution is -0.384. The SMILES string of the molecule is O=C(CN(C1CCCCC1)S(=O)(=O)c1ccc(Br)cc1)N/N=C\c1cc([N+](=O)[O-])ccc1Cl. The van der Waals surface area contributed by atoms with Gasteiger partial charge in [0.15, 0.2) is 0 Å². The highest BCUT2D eigenvalue weighted by Crippen LogP contribution is 2.28. The van der Waals surface area contributed by atoms with Crippen LogP contribution in [0.4, 0.5) is 5.69 Å². The van der Waals surface area contributed by atoms with Gasteiger partial charge in [0.25, 0.3) is 11.6 Å². The molecule has 9 nitrogen and oxygen atoms in total. The van der Waals surface area contributed by atoms with Crippen molar-refractivity contribution in [2.45, 2.75) is 43.0 Å². The van der Waals surface area contributed by atoms with Crippen LogP contribution in [0.1, 0.15) is 37.7 Å². The number of carbonyl (C=O) groups is 1. The van der Waals surface area contributed by atoms with Gasteiger partial charge in [0.05, 0.1) is 22.6 Å². The standard InChI is InChI=1S/C21H22BrClN4O5S/c22-16-6-9-19(10-7-16)33(31,32)26(17-4-2-1-3-5-17)14-21(28)25-24-13-15-12-18(27(29)30)8-11-20(15)23/h6-13,17H,1-5,14H2,(H,25,28)/b24-13-. The molecule has 1 aliphatic carbocycles. The van der Waals surface area contributed by atoms with Crippen molar-refractivity contribution in [1.82, 2.24) is 9.73 Å². The van der Waals surface area contributed by atoms with E-state index in [-0.39, 0.29) is 27.2 Å². The number of rotatable bonds is 8. The van der Waals surface area contributed by atoms with E-state index in [1.54, 1.807) is 12.1 Å². The number of nitrogens with zero attached hydrogens (tertiary/aromatic N) is 3. The Morgan fingerprint density at radius 3 is 2.52 bits per heavy atom. The number of halogens is 2. The third kappa shape index (κ3) is 6.59. The third-order valence-electron chi connectivity index (χ3n) is 5.28. The molecule has 33 heavy (non-hydrogen) atoms. The summed E-state index contributed by atoms with van der Waals surface area (Å²) in [5.41, 5.74) is 2.38. The van der Waals surface area contributed by atoms with Gasteiger partial charge in [0.1, 0.15) is 0 Å². The van der Waals surface area contributed by atoms with Gasteiger partial charge in [-0.15, -0.1) is 0 Å². The summed E-state index contributed by atoms with van der Waals surface area (Å²) < 4.78 is 28.6. The monoisotopic (exact) mass is 556 g/mol. The summed E-state index contributed by atoms with van der Waals surface area (Å²) >= 11 is 9.32. The van der Waals surface area contributed by atoms with E-state index in [1.165, 1.54) is 40.9 Å². The molecule has 0 unspecified atom stereocenters. The van der Waals surface area contributed by atoms with Gasteiger partial charge in [-0.3, -0.25) is 14.9 Å². The average Bonchev–Trinajstić information content (AvgIpc) is 2.79. The summed E-state index contributed by atoms with van der Waals surface area (Å²) in [4.78, 5) is 23.1. The Hall–Kier alpha value is -2.34. The molecule has 1 aliphatic rings. The number of nitrogens with one attached hydrogen (secondary N) is 1. The van der Waals surface area contributed by atoms with Gasteiger partial charge in [0.2, 0.25) is 10.0 Å². The van der Waals surface area contributed by atoms with Gasteiger partial charge in [-0.1, -0.05) is 46.8 Å². The summed E-state index contributed by atoms with van der Waals surface area (Å²) in [7, 11) is -3.91. The lowest BCUT2D eigenvalue weighted by atomic mass is 9.95.